The summed E-state index contributed by atoms with van der Waals surface area (Å²) in [6, 6.07) is 0.182. The second kappa shape index (κ2) is 10.9. The van der Waals surface area contributed by atoms with Gasteiger partial charge in [0.2, 0.25) is 0 Å². The predicted octanol–water partition coefficient (Wildman–Crippen LogP) is 2.37. The molecule has 30 heavy (non-hydrogen) atoms. The lowest BCUT2D eigenvalue weighted by Gasteiger charge is -2.40. The molecule has 0 spiro atoms. The van der Waals surface area contributed by atoms with Gasteiger partial charge in [0, 0.05) is 39.6 Å². The minimum atomic E-state index is -0.469. The zero-order valence-electron chi connectivity index (χ0n) is 19.4. The van der Waals surface area contributed by atoms with Gasteiger partial charge in [-0.2, -0.15) is 0 Å². The van der Waals surface area contributed by atoms with Crippen LogP contribution >= 0.6 is 11.8 Å². The van der Waals surface area contributed by atoms with Gasteiger partial charge in [0.05, 0.1) is 6.04 Å². The van der Waals surface area contributed by atoms with E-state index in [1.165, 1.54) is 0 Å². The van der Waals surface area contributed by atoms with Crippen molar-refractivity contribution in [1.29, 1.82) is 0 Å². The summed E-state index contributed by atoms with van der Waals surface area (Å²) in [5.74, 6) is 2.33. The molecule has 1 aromatic rings. The third kappa shape index (κ3) is 7.37. The van der Waals surface area contributed by atoms with Crippen LogP contribution < -0.4 is 10.6 Å². The Morgan fingerprint density at radius 3 is 2.60 bits per heavy atom. The highest BCUT2D eigenvalue weighted by Gasteiger charge is 2.34. The Bertz CT molecular complexity index is 721. The summed E-state index contributed by atoms with van der Waals surface area (Å²) in [6.45, 7) is 13.0. The number of aryl methyl sites for hydroxylation is 1. The van der Waals surface area contributed by atoms with Crippen LogP contribution in [0.1, 0.15) is 46.9 Å². The second-order valence-corrected chi connectivity index (χ2v) is 9.71. The Morgan fingerprint density at radius 2 is 2.03 bits per heavy atom. The predicted molar refractivity (Wildman–Crippen MR) is 121 cm³/mol. The number of amides is 1. The van der Waals surface area contributed by atoms with Crippen LogP contribution in [0.5, 0.6) is 0 Å². The van der Waals surface area contributed by atoms with Crippen LogP contribution in [0, 0.1) is 5.92 Å². The topological polar surface area (TPSA) is 96.7 Å². The number of aliphatic imine (C=N–C) groups is 1. The molecule has 1 saturated heterocycles. The van der Waals surface area contributed by atoms with E-state index in [0.717, 1.165) is 42.9 Å². The molecule has 0 bridgehead atoms. The van der Waals surface area contributed by atoms with Gasteiger partial charge in [-0.3, -0.25) is 4.99 Å². The van der Waals surface area contributed by atoms with E-state index in [9.17, 15) is 4.79 Å². The van der Waals surface area contributed by atoms with E-state index in [2.05, 4.69) is 44.2 Å². The summed E-state index contributed by atoms with van der Waals surface area (Å²) < 4.78 is 7.61. The lowest BCUT2D eigenvalue weighted by molar-refractivity contribution is 0.00701. The van der Waals surface area contributed by atoms with Gasteiger partial charge in [0.1, 0.15) is 11.4 Å². The zero-order chi connectivity index (χ0) is 22.3. The number of thioether (sulfide) groups is 1. The largest absolute Gasteiger partial charge is 0.444 e. The molecule has 1 fully saturated rings. The van der Waals surface area contributed by atoms with Crippen molar-refractivity contribution < 1.29 is 9.53 Å². The number of likely N-dealkylation sites (tertiary alicyclic amines) is 1. The SMILES string of the molecule is CN=C(NCCCc1nnc(SC)n1CC(C)C)NC1CN(C(=O)OC(C)(C)C)C1. The van der Waals surface area contributed by atoms with E-state index in [4.69, 9.17) is 4.74 Å². The standard InChI is InChI=1S/C20H37N7O2S/c1-14(2)11-27-16(24-25-18(27)30-7)9-8-10-22-17(21-6)23-15-12-26(13-15)19(28)29-20(3,4)5/h14-15H,8-13H2,1-7H3,(H2,21,22,23). The Balaban J connectivity index is 1.71. The molecule has 0 aliphatic carbocycles. The minimum Gasteiger partial charge on any atom is -0.444 e. The zero-order valence-corrected chi connectivity index (χ0v) is 20.2. The summed E-state index contributed by atoms with van der Waals surface area (Å²) in [4.78, 5) is 18.0. The Morgan fingerprint density at radius 1 is 1.33 bits per heavy atom. The molecule has 1 aromatic heterocycles. The van der Waals surface area contributed by atoms with Crippen molar-refractivity contribution in [2.45, 2.75) is 70.8 Å². The van der Waals surface area contributed by atoms with E-state index in [0.29, 0.717) is 19.0 Å². The lowest BCUT2D eigenvalue weighted by Crippen LogP contribution is -2.63. The molecule has 0 unspecified atom stereocenters. The van der Waals surface area contributed by atoms with Crippen molar-refractivity contribution in [3.8, 4) is 0 Å². The third-order valence-electron chi connectivity index (χ3n) is 4.49. The van der Waals surface area contributed by atoms with Gasteiger partial charge in [-0.15, -0.1) is 10.2 Å². The lowest BCUT2D eigenvalue weighted by atomic mass is 10.1. The Hall–Kier alpha value is -1.97. The summed E-state index contributed by atoms with van der Waals surface area (Å²) in [7, 11) is 1.75. The van der Waals surface area contributed by atoms with Gasteiger partial charge in [-0.05, 0) is 39.4 Å². The van der Waals surface area contributed by atoms with Crippen molar-refractivity contribution in [2.75, 3.05) is 32.9 Å². The van der Waals surface area contributed by atoms with Crippen LogP contribution in [0.3, 0.4) is 0 Å². The highest BCUT2D eigenvalue weighted by atomic mass is 32.2. The van der Waals surface area contributed by atoms with Gasteiger partial charge in [-0.25, -0.2) is 4.79 Å². The van der Waals surface area contributed by atoms with Gasteiger partial charge in [0.25, 0.3) is 0 Å². The van der Waals surface area contributed by atoms with E-state index in [-0.39, 0.29) is 12.1 Å². The van der Waals surface area contributed by atoms with Gasteiger partial charge >= 0.3 is 6.09 Å². The maximum Gasteiger partial charge on any atom is 0.410 e. The molecular formula is C20H37N7O2S. The highest BCUT2D eigenvalue weighted by Crippen LogP contribution is 2.17. The van der Waals surface area contributed by atoms with E-state index in [1.807, 2.05) is 27.0 Å². The summed E-state index contributed by atoms with van der Waals surface area (Å²) >= 11 is 1.63. The third-order valence-corrected chi connectivity index (χ3v) is 5.16. The Labute approximate surface area is 184 Å². The molecular weight excluding hydrogens is 402 g/mol. The number of aromatic nitrogens is 3. The second-order valence-electron chi connectivity index (χ2n) is 8.94. The molecule has 9 nitrogen and oxygen atoms in total. The highest BCUT2D eigenvalue weighted by molar-refractivity contribution is 7.98. The number of hydrogen-bond donors (Lipinski definition) is 2. The Kier molecular flexibility index (Phi) is 8.81. The maximum absolute atomic E-state index is 12.0. The first-order chi connectivity index (χ1) is 14.1. The molecule has 0 atom stereocenters. The van der Waals surface area contributed by atoms with Crippen molar-refractivity contribution in [3.05, 3.63) is 5.82 Å². The quantitative estimate of drug-likeness (QED) is 0.278. The average molecular weight is 440 g/mol. The van der Waals surface area contributed by atoms with Crippen LogP contribution in [0.25, 0.3) is 0 Å². The van der Waals surface area contributed by atoms with Crippen LogP contribution in [0.2, 0.25) is 0 Å². The molecule has 2 rings (SSSR count). The van der Waals surface area contributed by atoms with E-state index in [1.54, 1.807) is 23.7 Å². The maximum atomic E-state index is 12.0. The first-order valence-electron chi connectivity index (χ1n) is 10.5. The molecule has 0 saturated carbocycles. The molecule has 170 valence electrons. The van der Waals surface area contributed by atoms with Gasteiger partial charge < -0.3 is 24.8 Å². The number of carbonyl (C=O) groups is 1. The van der Waals surface area contributed by atoms with Crippen molar-refractivity contribution >= 4 is 23.8 Å². The molecule has 1 aliphatic rings. The number of hydrogen-bond acceptors (Lipinski definition) is 6. The molecule has 2 heterocycles. The van der Waals surface area contributed by atoms with Crippen LogP contribution in [0.4, 0.5) is 4.79 Å². The fraction of sp³-hybridized carbons (Fsp3) is 0.800. The molecule has 0 aromatic carbocycles. The van der Waals surface area contributed by atoms with E-state index >= 15 is 0 Å². The summed E-state index contributed by atoms with van der Waals surface area (Å²) in [6.07, 6.45) is 3.56. The smallest absolute Gasteiger partial charge is 0.410 e. The number of nitrogens with one attached hydrogen (secondary N) is 2. The fourth-order valence-electron chi connectivity index (χ4n) is 3.09. The number of carbonyl (C=O) groups excluding carboxylic acids is 1. The van der Waals surface area contributed by atoms with Crippen molar-refractivity contribution in [3.63, 3.8) is 0 Å². The minimum absolute atomic E-state index is 0.182. The van der Waals surface area contributed by atoms with Crippen molar-refractivity contribution in [2.24, 2.45) is 10.9 Å². The van der Waals surface area contributed by atoms with Crippen LogP contribution in [-0.2, 0) is 17.7 Å². The van der Waals surface area contributed by atoms with Gasteiger partial charge in [-0.1, -0.05) is 25.6 Å². The molecule has 2 N–H and O–H groups in total. The average Bonchev–Trinajstić information content (AvgIpc) is 2.98. The van der Waals surface area contributed by atoms with Crippen LogP contribution in [0.15, 0.2) is 10.1 Å². The number of guanidine groups is 1. The molecule has 1 aliphatic heterocycles. The molecule has 0 radical (unpaired) electrons. The fourth-order valence-corrected chi connectivity index (χ4v) is 3.61. The number of rotatable bonds is 8. The van der Waals surface area contributed by atoms with E-state index < -0.39 is 5.60 Å². The van der Waals surface area contributed by atoms with Crippen molar-refractivity contribution in [1.82, 2.24) is 30.3 Å². The first-order valence-corrected chi connectivity index (χ1v) is 11.8. The summed E-state index contributed by atoms with van der Waals surface area (Å²) in [5, 5.41) is 16.3. The number of ether oxygens (including phenoxy) is 1. The first kappa shape index (κ1) is 24.3. The molecule has 1 amide bonds. The summed E-state index contributed by atoms with van der Waals surface area (Å²) in [5.41, 5.74) is -0.469. The normalized spacial score (nSPS) is 15.3. The molecule has 10 heteroatoms. The van der Waals surface area contributed by atoms with Crippen LogP contribution in [-0.4, -0.2) is 76.3 Å². The monoisotopic (exact) mass is 439 g/mol. The van der Waals surface area contributed by atoms with Gasteiger partial charge in [0.15, 0.2) is 11.1 Å². The number of nitrogens with zero attached hydrogens (tertiary/aromatic N) is 5.